The lowest BCUT2D eigenvalue weighted by atomic mass is 9.66. The van der Waals surface area contributed by atoms with Gasteiger partial charge in [-0.25, -0.2) is 8.78 Å². The van der Waals surface area contributed by atoms with Crippen LogP contribution in [0.3, 0.4) is 0 Å². The lowest BCUT2D eigenvalue weighted by Crippen LogP contribution is -2.30. The van der Waals surface area contributed by atoms with Crippen LogP contribution in [0.5, 0.6) is 0 Å². The van der Waals surface area contributed by atoms with E-state index < -0.39 is 10.8 Å². The van der Waals surface area contributed by atoms with Crippen LogP contribution in [-0.4, -0.2) is 0 Å². The molecule has 2 nitrogen and oxygen atoms in total. The molecule has 13 rings (SSSR count). The fraction of sp³-hybridized carbons (Fsp3) is 0.0789. The van der Waals surface area contributed by atoms with Crippen molar-refractivity contribution in [3.8, 4) is 22.3 Å². The quantitative estimate of drug-likeness (QED) is 0.120. The summed E-state index contributed by atoms with van der Waals surface area (Å²) in [6, 6.07) is 84.4. The highest BCUT2D eigenvalue weighted by Gasteiger charge is 2.49. The third kappa shape index (κ3) is 7.88. The van der Waals surface area contributed by atoms with Crippen LogP contribution in [0.2, 0.25) is 0 Å². The number of nitrogens with zero attached hydrogens (tertiary/aromatic N) is 2. The third-order valence-corrected chi connectivity index (χ3v) is 16.9. The summed E-state index contributed by atoms with van der Waals surface area (Å²) >= 11 is 0. The van der Waals surface area contributed by atoms with Gasteiger partial charge in [0.2, 0.25) is 0 Å². The Labute approximate surface area is 468 Å². The molecule has 0 amide bonds. The van der Waals surface area contributed by atoms with E-state index in [0.29, 0.717) is 0 Å². The van der Waals surface area contributed by atoms with Gasteiger partial charge in [-0.15, -0.1) is 0 Å². The summed E-state index contributed by atoms with van der Waals surface area (Å²) in [6.45, 7) is 16.9. The number of rotatable bonds is 12. The summed E-state index contributed by atoms with van der Waals surface area (Å²) in [5.41, 5.74) is 24.9. The van der Waals surface area contributed by atoms with Gasteiger partial charge >= 0.3 is 0 Å². The Kier molecular flexibility index (Phi) is 12.3. The van der Waals surface area contributed by atoms with E-state index in [0.717, 1.165) is 78.6 Å². The van der Waals surface area contributed by atoms with Crippen molar-refractivity contribution in [3.05, 3.63) is 345 Å². The molecule has 0 spiro atoms. The molecule has 0 aliphatic heterocycles. The molecule has 0 bridgehead atoms. The second-order valence-electron chi connectivity index (χ2n) is 21.5. The van der Waals surface area contributed by atoms with Crippen molar-refractivity contribution in [2.75, 3.05) is 9.80 Å². The summed E-state index contributed by atoms with van der Waals surface area (Å²) in [5, 5.41) is 0. The number of hydrogen-bond acceptors (Lipinski definition) is 2. The topological polar surface area (TPSA) is 6.48 Å². The molecule has 2 atom stereocenters. The van der Waals surface area contributed by atoms with Crippen molar-refractivity contribution >= 4 is 46.3 Å². The van der Waals surface area contributed by atoms with E-state index >= 15 is 0 Å². The SMILES string of the molecule is C=Cc1ccc(C2(c3cc(C)ccc3C)c3ccccc3-c3ccc(N(c4ccc(F)cc4)c4ccc(N(c5ccc(F)cc5)c5ccc6c(c5)C(c5ccc(C=C)cc5)(c5cc(C)ccc5C)c5ccccc5-6)cc4)cc32)cc1. The summed E-state index contributed by atoms with van der Waals surface area (Å²) < 4.78 is 30.0. The Hall–Kier alpha value is -9.64. The zero-order valence-electron chi connectivity index (χ0n) is 45.3. The largest absolute Gasteiger partial charge is 0.310 e. The molecule has 11 aromatic carbocycles. The minimum atomic E-state index is -0.673. The summed E-state index contributed by atoms with van der Waals surface area (Å²) in [5.74, 6) is -0.624. The maximum Gasteiger partial charge on any atom is 0.123 e. The fourth-order valence-electron chi connectivity index (χ4n) is 13.2. The summed E-state index contributed by atoms with van der Waals surface area (Å²) in [7, 11) is 0. The number of halogens is 2. The van der Waals surface area contributed by atoms with Crippen molar-refractivity contribution in [2.24, 2.45) is 0 Å². The molecule has 80 heavy (non-hydrogen) atoms. The Morgan fingerprint density at radius 3 is 1.00 bits per heavy atom. The number of aryl methyl sites for hydroxylation is 4. The van der Waals surface area contributed by atoms with Crippen LogP contribution in [-0.2, 0) is 10.8 Å². The molecule has 0 N–H and O–H groups in total. The first-order valence-electron chi connectivity index (χ1n) is 27.3. The predicted octanol–water partition coefficient (Wildman–Crippen LogP) is 20.2. The van der Waals surface area contributed by atoms with Crippen LogP contribution in [0.25, 0.3) is 34.4 Å². The molecule has 2 aliphatic carbocycles. The van der Waals surface area contributed by atoms with E-state index in [-0.39, 0.29) is 11.6 Å². The first kappa shape index (κ1) is 49.9. The second kappa shape index (κ2) is 19.7. The fourth-order valence-corrected chi connectivity index (χ4v) is 13.2. The average Bonchev–Trinajstić information content (AvgIpc) is 4.19. The van der Waals surface area contributed by atoms with Gasteiger partial charge in [0.15, 0.2) is 0 Å². The predicted molar refractivity (Wildman–Crippen MR) is 329 cm³/mol. The van der Waals surface area contributed by atoms with E-state index in [1.807, 2.05) is 36.4 Å². The van der Waals surface area contributed by atoms with Crippen LogP contribution >= 0.6 is 0 Å². The highest BCUT2D eigenvalue weighted by Crippen LogP contribution is 2.60. The average molecular weight is 1040 g/mol. The Morgan fingerprint density at radius 2 is 0.637 bits per heavy atom. The molecule has 2 aliphatic rings. The van der Waals surface area contributed by atoms with E-state index in [9.17, 15) is 8.78 Å². The van der Waals surface area contributed by atoms with Gasteiger partial charge in [-0.3, -0.25) is 0 Å². The normalized spacial score (nSPS) is 15.6. The molecular weight excluding hydrogens is 979 g/mol. The Balaban J connectivity index is 0.995. The van der Waals surface area contributed by atoms with Crippen molar-refractivity contribution in [1.29, 1.82) is 0 Å². The molecule has 11 aromatic rings. The van der Waals surface area contributed by atoms with Crippen molar-refractivity contribution < 1.29 is 8.78 Å². The van der Waals surface area contributed by atoms with Gasteiger partial charge in [0.25, 0.3) is 0 Å². The highest BCUT2D eigenvalue weighted by molar-refractivity contribution is 5.92. The molecule has 2 unspecified atom stereocenters. The van der Waals surface area contributed by atoms with E-state index in [1.165, 1.54) is 79.9 Å². The van der Waals surface area contributed by atoms with Gasteiger partial charge in [0, 0.05) is 34.1 Å². The molecule has 4 heteroatoms. The van der Waals surface area contributed by atoms with Crippen LogP contribution < -0.4 is 9.80 Å². The maximum absolute atomic E-state index is 15.0. The molecule has 386 valence electrons. The molecule has 0 aromatic heterocycles. The highest BCUT2D eigenvalue weighted by atomic mass is 19.1. The molecule has 0 saturated heterocycles. The van der Waals surface area contributed by atoms with Crippen LogP contribution in [0, 0.1) is 39.3 Å². The van der Waals surface area contributed by atoms with Gasteiger partial charge in [-0.2, -0.15) is 0 Å². The zero-order chi connectivity index (χ0) is 54.9. The first-order valence-corrected chi connectivity index (χ1v) is 27.3. The summed E-state index contributed by atoms with van der Waals surface area (Å²) in [6.07, 6.45) is 3.78. The zero-order valence-corrected chi connectivity index (χ0v) is 45.3. The monoisotopic (exact) mass is 1040 g/mol. The molecule has 0 saturated carbocycles. The van der Waals surface area contributed by atoms with Gasteiger partial charge < -0.3 is 9.80 Å². The lowest BCUT2D eigenvalue weighted by Gasteiger charge is -2.36. The third-order valence-electron chi connectivity index (χ3n) is 16.9. The van der Waals surface area contributed by atoms with Crippen LogP contribution in [0.1, 0.15) is 77.9 Å². The van der Waals surface area contributed by atoms with Crippen molar-refractivity contribution in [2.45, 2.75) is 38.5 Å². The minimum Gasteiger partial charge on any atom is -0.310 e. The number of benzene rings is 11. The maximum atomic E-state index is 15.0. The number of fused-ring (bicyclic) bond motifs is 6. The Morgan fingerprint density at radius 1 is 0.312 bits per heavy atom. The second-order valence-corrected chi connectivity index (χ2v) is 21.5. The van der Waals surface area contributed by atoms with Crippen LogP contribution in [0.4, 0.5) is 42.9 Å². The Bertz CT molecular complexity index is 3940. The lowest BCUT2D eigenvalue weighted by molar-refractivity contribution is 0.627. The standard InChI is InChI=1S/C76H58F2N2/c1-7-53-21-25-55(26-22-53)75(71-45-49(3)17-19-51(71)5)69-15-11-9-13-65(69)67-43-41-63(47-73(67)75)79(59-33-29-57(77)30-34-59)61-37-39-62(40-38-61)80(60-35-31-58(78)32-36-60)64-42-44-68-66-14-10-12-16-70(66)76(74(68)48-64,56-27-23-54(8-2)24-28-56)72-46-50(4)18-20-52(72)6/h7-48H,1-2H2,3-6H3. The van der Waals surface area contributed by atoms with Crippen molar-refractivity contribution in [3.63, 3.8) is 0 Å². The minimum absolute atomic E-state index is 0.312. The van der Waals surface area contributed by atoms with Gasteiger partial charge in [-0.1, -0.05) is 182 Å². The van der Waals surface area contributed by atoms with E-state index in [4.69, 9.17) is 0 Å². The molecule has 0 radical (unpaired) electrons. The number of hydrogen-bond donors (Lipinski definition) is 0. The molecular formula is C76H58F2N2. The molecule has 0 fully saturated rings. The van der Waals surface area contributed by atoms with Gasteiger partial charge in [-0.05, 0) is 214 Å². The first-order chi connectivity index (χ1) is 39.0. The smallest absolute Gasteiger partial charge is 0.123 e. The van der Waals surface area contributed by atoms with Gasteiger partial charge in [0.05, 0.1) is 10.8 Å². The van der Waals surface area contributed by atoms with Crippen molar-refractivity contribution in [1.82, 2.24) is 0 Å². The van der Waals surface area contributed by atoms with Crippen LogP contribution in [0.15, 0.2) is 256 Å². The van der Waals surface area contributed by atoms with Gasteiger partial charge in [0.1, 0.15) is 11.6 Å². The number of anilines is 6. The molecule has 0 heterocycles. The van der Waals surface area contributed by atoms with E-state index in [2.05, 4.69) is 245 Å². The summed E-state index contributed by atoms with van der Waals surface area (Å²) in [4.78, 5) is 4.43. The van der Waals surface area contributed by atoms with E-state index in [1.54, 1.807) is 0 Å².